The van der Waals surface area contributed by atoms with E-state index in [4.69, 9.17) is 15.6 Å². The van der Waals surface area contributed by atoms with Crippen molar-refractivity contribution in [3.8, 4) is 12.1 Å². The quantitative estimate of drug-likeness (QED) is 0.421. The molecule has 0 aliphatic carbocycles. The van der Waals surface area contributed by atoms with Crippen LogP contribution >= 0.6 is 23.0 Å². The van der Waals surface area contributed by atoms with Crippen molar-refractivity contribution in [3.63, 3.8) is 0 Å². The van der Waals surface area contributed by atoms with E-state index in [1.807, 2.05) is 0 Å². The van der Waals surface area contributed by atoms with Gasteiger partial charge in [0, 0.05) is 0 Å². The fourth-order valence-electron chi connectivity index (χ4n) is 0.159. The number of hydrogen-bond acceptors (Lipinski definition) is 4. The van der Waals surface area contributed by atoms with Crippen LogP contribution < -0.4 is 0 Å². The van der Waals surface area contributed by atoms with Gasteiger partial charge in [-0.1, -0.05) is 0 Å². The Balaban J connectivity index is 4.49. The third-order valence-electron chi connectivity index (χ3n) is 0.511. The molecule has 0 spiro atoms. The van der Waals surface area contributed by atoms with Crippen LogP contribution in [-0.4, -0.2) is 5.11 Å². The molecule has 0 radical (unpaired) electrons. The molecule has 9 heavy (non-hydrogen) atoms. The highest BCUT2D eigenvalue weighted by Crippen LogP contribution is 2.03. The third kappa shape index (κ3) is 2.20. The third-order valence-corrected chi connectivity index (χ3v) is 0.928. The maximum Gasteiger partial charge on any atom is 0.316 e. The molecule has 0 amide bonds. The first kappa shape index (κ1) is 8.05. The molecule has 1 N–H and O–H groups in total. The van der Waals surface area contributed by atoms with Gasteiger partial charge in [-0.05, 0) is 0 Å². The lowest BCUT2D eigenvalue weighted by molar-refractivity contribution is 0.255. The van der Waals surface area contributed by atoms with Crippen LogP contribution in [0, 0.1) is 22.7 Å². The lowest BCUT2D eigenvalue weighted by Crippen LogP contribution is -1.84. The summed E-state index contributed by atoms with van der Waals surface area (Å²) in [4.78, 5) is 0. The number of allylic oxidation sites excluding steroid dienone is 1. The van der Waals surface area contributed by atoms with Gasteiger partial charge in [0.15, 0.2) is 23.0 Å². The smallest absolute Gasteiger partial charge is 0.316 e. The SMILES string of the molecule is N#CC(C#N)=C(O)OI. The molecule has 0 fully saturated rings. The molecule has 0 aliphatic rings. The van der Waals surface area contributed by atoms with Crippen molar-refractivity contribution in [1.29, 1.82) is 10.5 Å². The van der Waals surface area contributed by atoms with E-state index in [1.165, 1.54) is 35.1 Å². The zero-order valence-electron chi connectivity index (χ0n) is 4.13. The van der Waals surface area contributed by atoms with Crippen LogP contribution in [0.15, 0.2) is 11.5 Å². The normalized spacial score (nSPS) is 6.56. The number of halogens is 1. The van der Waals surface area contributed by atoms with Gasteiger partial charge < -0.3 is 8.17 Å². The van der Waals surface area contributed by atoms with E-state index in [2.05, 4.69) is 3.07 Å². The molecule has 46 valence electrons. The average Bonchev–Trinajstić information content (AvgIpc) is 1.90. The zero-order chi connectivity index (χ0) is 7.28. The van der Waals surface area contributed by atoms with Gasteiger partial charge in [-0.2, -0.15) is 10.5 Å². The first-order valence-electron chi connectivity index (χ1n) is 1.78. The number of nitrogens with zero attached hydrogens (tertiary/aromatic N) is 2. The van der Waals surface area contributed by atoms with Crippen molar-refractivity contribution in [2.45, 2.75) is 0 Å². The number of nitriles is 2. The second-order valence-corrected chi connectivity index (χ2v) is 1.42. The summed E-state index contributed by atoms with van der Waals surface area (Å²) in [5.74, 6) is -0.652. The second kappa shape index (κ2) is 3.98. The summed E-state index contributed by atoms with van der Waals surface area (Å²) in [6.07, 6.45) is 0. The van der Waals surface area contributed by atoms with E-state index in [1.54, 1.807) is 0 Å². The maximum atomic E-state index is 8.52. The molecule has 4 nitrogen and oxygen atoms in total. The van der Waals surface area contributed by atoms with Crippen molar-refractivity contribution in [2.75, 3.05) is 0 Å². The minimum absolute atomic E-state index is 0.426. The highest BCUT2D eigenvalue weighted by Gasteiger charge is 2.02. The summed E-state index contributed by atoms with van der Waals surface area (Å²) in [6.45, 7) is 0. The van der Waals surface area contributed by atoms with E-state index in [9.17, 15) is 0 Å². The zero-order valence-corrected chi connectivity index (χ0v) is 6.29. The van der Waals surface area contributed by atoms with Gasteiger partial charge in [0.05, 0.1) is 0 Å². The van der Waals surface area contributed by atoms with E-state index in [0.717, 1.165) is 0 Å². The molecule has 0 saturated heterocycles. The summed E-state index contributed by atoms with van der Waals surface area (Å²) in [7, 11) is 0. The molecule has 0 atom stereocenters. The van der Waals surface area contributed by atoms with Gasteiger partial charge >= 0.3 is 5.95 Å². The van der Waals surface area contributed by atoms with E-state index < -0.39 is 11.5 Å². The molecular weight excluding hydrogens is 235 g/mol. The van der Waals surface area contributed by atoms with Gasteiger partial charge in [-0.25, -0.2) is 0 Å². The summed E-state index contributed by atoms with van der Waals surface area (Å²) in [6, 6.07) is 2.88. The Morgan fingerprint density at radius 3 is 2.00 bits per heavy atom. The lowest BCUT2D eigenvalue weighted by Gasteiger charge is -1.89. The highest BCUT2D eigenvalue weighted by molar-refractivity contribution is 14.1. The Morgan fingerprint density at radius 1 is 1.44 bits per heavy atom. The highest BCUT2D eigenvalue weighted by atomic mass is 127. The van der Waals surface area contributed by atoms with Gasteiger partial charge in [0.25, 0.3) is 0 Å². The predicted molar refractivity (Wildman–Crippen MR) is 36.0 cm³/mol. The molecule has 5 heteroatoms. The molecule has 0 aliphatic heterocycles. The molecule has 0 aromatic rings. The van der Waals surface area contributed by atoms with Crippen molar-refractivity contribution >= 4 is 23.0 Å². The van der Waals surface area contributed by atoms with Gasteiger partial charge in [-0.3, -0.25) is 0 Å². The molecule has 0 heterocycles. The Morgan fingerprint density at radius 2 is 1.89 bits per heavy atom. The summed E-state index contributed by atoms with van der Waals surface area (Å²) < 4.78 is 4.15. The molecule has 0 bridgehead atoms. The van der Waals surface area contributed by atoms with Crippen molar-refractivity contribution in [1.82, 2.24) is 0 Å². The Labute approximate surface area is 65.7 Å². The molecular formula is C4HIN2O2. The minimum atomic E-state index is -0.652. The van der Waals surface area contributed by atoms with Crippen molar-refractivity contribution < 1.29 is 8.17 Å². The number of hydrogen-bond donors (Lipinski definition) is 1. The van der Waals surface area contributed by atoms with E-state index in [0.29, 0.717) is 0 Å². The monoisotopic (exact) mass is 236 g/mol. The Kier molecular flexibility index (Phi) is 3.56. The van der Waals surface area contributed by atoms with Crippen molar-refractivity contribution in [3.05, 3.63) is 11.5 Å². The molecule has 0 aromatic carbocycles. The maximum absolute atomic E-state index is 8.52. The first-order chi connectivity index (χ1) is 4.26. The van der Waals surface area contributed by atoms with Crippen LogP contribution in [0.3, 0.4) is 0 Å². The second-order valence-electron chi connectivity index (χ2n) is 0.981. The minimum Gasteiger partial charge on any atom is -0.479 e. The average molecular weight is 236 g/mol. The summed E-state index contributed by atoms with van der Waals surface area (Å²) >= 11 is 1.37. The van der Waals surface area contributed by atoms with E-state index in [-0.39, 0.29) is 0 Å². The molecule has 0 saturated carbocycles. The van der Waals surface area contributed by atoms with Crippen LogP contribution in [0.4, 0.5) is 0 Å². The first-order valence-corrected chi connectivity index (χ1v) is 2.66. The van der Waals surface area contributed by atoms with Crippen LogP contribution in [0.2, 0.25) is 0 Å². The van der Waals surface area contributed by atoms with Gasteiger partial charge in [-0.15, -0.1) is 0 Å². The van der Waals surface area contributed by atoms with Crippen molar-refractivity contribution in [2.24, 2.45) is 0 Å². The topological polar surface area (TPSA) is 77.0 Å². The van der Waals surface area contributed by atoms with Crippen LogP contribution in [-0.2, 0) is 3.07 Å². The molecule has 0 rings (SSSR count). The Bertz CT molecular complexity index is 194. The van der Waals surface area contributed by atoms with Gasteiger partial charge in [0.2, 0.25) is 5.57 Å². The standard InChI is InChI=1S/C4HIN2O2/c5-9-4(8)3(1-6)2-7/h8H. The fourth-order valence-corrected chi connectivity index (χ4v) is 0.379. The predicted octanol–water partition coefficient (Wildman–Crippen LogP) is 1.17. The number of rotatable bonds is 1. The van der Waals surface area contributed by atoms with Crippen LogP contribution in [0.1, 0.15) is 0 Å². The number of aliphatic hydroxyl groups excluding tert-OH is 1. The van der Waals surface area contributed by atoms with Gasteiger partial charge in [0.1, 0.15) is 12.1 Å². The van der Waals surface area contributed by atoms with Crippen LogP contribution in [0.25, 0.3) is 0 Å². The van der Waals surface area contributed by atoms with E-state index >= 15 is 0 Å². The Hall–Kier alpha value is -0.950. The van der Waals surface area contributed by atoms with Crippen LogP contribution in [0.5, 0.6) is 0 Å². The fraction of sp³-hybridized carbons (Fsp3) is 0. The molecule has 0 aromatic heterocycles. The summed E-state index contributed by atoms with van der Waals surface area (Å²) in [5.41, 5.74) is -0.426. The summed E-state index contributed by atoms with van der Waals surface area (Å²) in [5, 5.41) is 24.6. The largest absolute Gasteiger partial charge is 0.479 e. The number of aliphatic hydroxyl groups is 1. The lowest BCUT2D eigenvalue weighted by atomic mass is 10.4. The molecule has 0 unspecified atom stereocenters.